The number of imide groups is 1. The summed E-state index contributed by atoms with van der Waals surface area (Å²) in [5, 5.41) is 0. The van der Waals surface area contributed by atoms with E-state index in [9.17, 15) is 9.59 Å². The number of carbonyl (C=O) groups is 2. The molecule has 190 valence electrons. The Morgan fingerprint density at radius 1 is 0.757 bits per heavy atom. The van der Waals surface area contributed by atoms with Crippen LogP contribution in [0.4, 0.5) is 5.69 Å². The highest BCUT2D eigenvalue weighted by Crippen LogP contribution is 2.61. The van der Waals surface area contributed by atoms with Crippen molar-refractivity contribution in [1.29, 1.82) is 0 Å². The molecule has 1 fully saturated rings. The predicted octanol–water partition coefficient (Wildman–Crippen LogP) is 6.95. The lowest BCUT2D eigenvalue weighted by molar-refractivity contribution is -0.122. The summed E-state index contributed by atoms with van der Waals surface area (Å²) in [6.07, 6.45) is 3.31. The Balaban J connectivity index is 1.38. The van der Waals surface area contributed by atoms with E-state index in [4.69, 9.17) is 4.74 Å². The Kier molecular flexibility index (Phi) is 5.74. The van der Waals surface area contributed by atoms with Crippen molar-refractivity contribution in [2.24, 2.45) is 11.8 Å². The van der Waals surface area contributed by atoms with E-state index in [1.165, 1.54) is 32.7 Å². The molecule has 4 heteroatoms. The molecule has 4 unspecified atom stereocenters. The van der Waals surface area contributed by atoms with Gasteiger partial charge in [-0.25, -0.2) is 4.90 Å². The summed E-state index contributed by atoms with van der Waals surface area (Å²) < 4.78 is 5.85. The quantitative estimate of drug-likeness (QED) is 0.276. The normalized spacial score (nSPS) is 23.6. The Morgan fingerprint density at radius 3 is 1.95 bits per heavy atom. The van der Waals surface area contributed by atoms with E-state index in [0.29, 0.717) is 12.3 Å². The zero-order valence-corrected chi connectivity index (χ0v) is 22.2. The monoisotopic (exact) mass is 493 g/mol. The molecule has 3 aliphatic carbocycles. The van der Waals surface area contributed by atoms with Gasteiger partial charge in [-0.05, 0) is 63.9 Å². The zero-order valence-electron chi connectivity index (χ0n) is 22.2. The van der Waals surface area contributed by atoms with E-state index in [1.807, 2.05) is 24.3 Å². The van der Waals surface area contributed by atoms with Gasteiger partial charge in [-0.3, -0.25) is 9.59 Å². The first-order valence-electron chi connectivity index (χ1n) is 13.6. The number of carbonyl (C=O) groups excluding carboxylic acids is 2. The maximum Gasteiger partial charge on any atom is 0.238 e. The molecule has 0 radical (unpaired) electrons. The second-order valence-corrected chi connectivity index (χ2v) is 11.8. The molecule has 3 aromatic carbocycles. The lowest BCUT2D eigenvalue weighted by Crippen LogP contribution is -2.41. The molecule has 7 rings (SSSR count). The Morgan fingerprint density at radius 2 is 1.35 bits per heavy atom. The summed E-state index contributed by atoms with van der Waals surface area (Å²) in [6, 6.07) is 22.6. The second kappa shape index (κ2) is 8.86. The molecule has 1 saturated heterocycles. The molecular formula is C33H35NO3. The van der Waals surface area contributed by atoms with Gasteiger partial charge in [0, 0.05) is 11.8 Å². The van der Waals surface area contributed by atoms with Crippen LogP contribution in [0.15, 0.2) is 66.7 Å². The molecule has 1 aliphatic heterocycles. The van der Waals surface area contributed by atoms with Crippen molar-refractivity contribution in [2.75, 3.05) is 11.5 Å². The summed E-state index contributed by atoms with van der Waals surface area (Å²) in [5.74, 6) is -0.343. The fourth-order valence-corrected chi connectivity index (χ4v) is 6.68. The predicted molar refractivity (Wildman–Crippen MR) is 146 cm³/mol. The second-order valence-electron chi connectivity index (χ2n) is 11.8. The van der Waals surface area contributed by atoms with Crippen molar-refractivity contribution in [3.63, 3.8) is 0 Å². The molecule has 0 saturated carbocycles. The lowest BCUT2D eigenvalue weighted by Gasteiger charge is -2.46. The van der Waals surface area contributed by atoms with E-state index in [2.05, 4.69) is 70.2 Å². The minimum Gasteiger partial charge on any atom is -0.494 e. The number of hydrogen-bond donors (Lipinski definition) is 0. The maximum absolute atomic E-state index is 14.0. The number of ether oxygens (including phenoxy) is 1. The first-order valence-corrected chi connectivity index (χ1v) is 13.6. The van der Waals surface area contributed by atoms with Gasteiger partial charge in [0.05, 0.1) is 24.1 Å². The minimum absolute atomic E-state index is 0.00648. The van der Waals surface area contributed by atoms with Gasteiger partial charge in [0.25, 0.3) is 0 Å². The third kappa shape index (κ3) is 3.72. The van der Waals surface area contributed by atoms with E-state index in [-0.39, 0.29) is 40.9 Å². The maximum atomic E-state index is 14.0. The molecule has 2 amide bonds. The van der Waals surface area contributed by atoms with E-state index in [1.54, 1.807) is 0 Å². The fourth-order valence-electron chi connectivity index (χ4n) is 6.68. The number of amides is 2. The molecule has 2 bridgehead atoms. The lowest BCUT2D eigenvalue weighted by atomic mass is 9.54. The van der Waals surface area contributed by atoms with E-state index >= 15 is 0 Å². The third-order valence-corrected chi connectivity index (χ3v) is 8.52. The summed E-state index contributed by atoms with van der Waals surface area (Å²) >= 11 is 0. The average Bonchev–Trinajstić information content (AvgIpc) is 3.16. The van der Waals surface area contributed by atoms with Crippen LogP contribution in [0.3, 0.4) is 0 Å². The van der Waals surface area contributed by atoms with Gasteiger partial charge in [0.15, 0.2) is 0 Å². The number of anilines is 1. The standard InChI is InChI=1S/C33H35NO3/c1-5-6-9-18-37-22-15-13-21(14-16-22)34-31(35)29-27-23-10-7-8-11-24(23)28(30(29)32(34)36)26-19-20(33(2,3)4)12-17-25(26)27/h7-8,10-17,19,27-30H,5-6,9,18H2,1-4H3. The van der Waals surface area contributed by atoms with Crippen molar-refractivity contribution in [1.82, 2.24) is 0 Å². The van der Waals surface area contributed by atoms with Gasteiger partial charge in [-0.1, -0.05) is 83.0 Å². The number of hydrogen-bond acceptors (Lipinski definition) is 3. The van der Waals surface area contributed by atoms with Crippen LogP contribution < -0.4 is 9.64 Å². The third-order valence-electron chi connectivity index (χ3n) is 8.52. The molecule has 3 aromatic rings. The highest BCUT2D eigenvalue weighted by Gasteiger charge is 2.61. The van der Waals surface area contributed by atoms with Crippen molar-refractivity contribution in [2.45, 2.75) is 64.2 Å². The van der Waals surface area contributed by atoms with Crippen molar-refractivity contribution < 1.29 is 14.3 Å². The topological polar surface area (TPSA) is 46.6 Å². The van der Waals surface area contributed by atoms with Crippen LogP contribution in [-0.2, 0) is 15.0 Å². The molecule has 4 atom stereocenters. The highest BCUT2D eigenvalue weighted by atomic mass is 16.5. The molecule has 0 N–H and O–H groups in total. The summed E-state index contributed by atoms with van der Waals surface area (Å²) in [5.41, 5.74) is 6.72. The first kappa shape index (κ1) is 24.0. The Bertz CT molecular complexity index is 1370. The van der Waals surface area contributed by atoms with Gasteiger partial charge in [-0.15, -0.1) is 0 Å². The minimum atomic E-state index is -0.375. The molecule has 0 aromatic heterocycles. The molecular weight excluding hydrogens is 458 g/mol. The van der Waals surface area contributed by atoms with Crippen LogP contribution in [0.2, 0.25) is 0 Å². The number of benzene rings is 3. The van der Waals surface area contributed by atoms with Crippen LogP contribution >= 0.6 is 0 Å². The van der Waals surface area contributed by atoms with Gasteiger partial charge >= 0.3 is 0 Å². The molecule has 4 nitrogen and oxygen atoms in total. The largest absolute Gasteiger partial charge is 0.494 e. The first-order chi connectivity index (χ1) is 17.8. The SMILES string of the molecule is CCCCCOc1ccc(N2C(=O)C3C4c5ccccc5C(c5cc(C(C)(C)C)ccc54)C3C2=O)cc1. The van der Waals surface area contributed by atoms with Crippen LogP contribution in [-0.4, -0.2) is 18.4 Å². The average molecular weight is 494 g/mol. The summed E-state index contributed by atoms with van der Waals surface area (Å²) in [4.78, 5) is 29.5. The van der Waals surface area contributed by atoms with Crippen LogP contribution in [0.1, 0.15) is 86.6 Å². The Hall–Kier alpha value is -3.40. The van der Waals surface area contributed by atoms with Crippen LogP contribution in [0, 0.1) is 11.8 Å². The van der Waals surface area contributed by atoms with Crippen molar-refractivity contribution in [3.05, 3.63) is 94.5 Å². The van der Waals surface area contributed by atoms with E-state index in [0.717, 1.165) is 25.0 Å². The fraction of sp³-hybridized carbons (Fsp3) is 0.394. The van der Waals surface area contributed by atoms with E-state index < -0.39 is 0 Å². The van der Waals surface area contributed by atoms with Gasteiger partial charge in [-0.2, -0.15) is 0 Å². The smallest absolute Gasteiger partial charge is 0.238 e. The van der Waals surface area contributed by atoms with Crippen LogP contribution in [0.5, 0.6) is 5.75 Å². The molecule has 0 spiro atoms. The number of nitrogens with zero attached hydrogens (tertiary/aromatic N) is 1. The molecule has 37 heavy (non-hydrogen) atoms. The zero-order chi connectivity index (χ0) is 25.9. The number of rotatable bonds is 6. The van der Waals surface area contributed by atoms with Crippen LogP contribution in [0.25, 0.3) is 0 Å². The molecule has 4 aliphatic rings. The van der Waals surface area contributed by atoms with Gasteiger partial charge in [0.1, 0.15) is 5.75 Å². The van der Waals surface area contributed by atoms with Crippen molar-refractivity contribution >= 4 is 17.5 Å². The molecule has 1 heterocycles. The van der Waals surface area contributed by atoms with Crippen molar-refractivity contribution in [3.8, 4) is 5.75 Å². The Labute approximate surface area is 219 Å². The summed E-state index contributed by atoms with van der Waals surface area (Å²) in [6.45, 7) is 9.50. The van der Waals surface area contributed by atoms with Gasteiger partial charge in [0.2, 0.25) is 11.8 Å². The summed E-state index contributed by atoms with van der Waals surface area (Å²) in [7, 11) is 0. The highest BCUT2D eigenvalue weighted by molar-refractivity contribution is 6.23. The number of unbranched alkanes of at least 4 members (excludes halogenated alkanes) is 2. The van der Waals surface area contributed by atoms with Gasteiger partial charge < -0.3 is 4.74 Å².